The van der Waals surface area contributed by atoms with Crippen molar-refractivity contribution in [3.05, 3.63) is 64.2 Å². The van der Waals surface area contributed by atoms with Crippen LogP contribution in [-0.2, 0) is 13.2 Å². The highest BCUT2D eigenvalue weighted by molar-refractivity contribution is 6.31. The van der Waals surface area contributed by atoms with E-state index in [0.29, 0.717) is 22.9 Å². The Balaban J connectivity index is 2.16. The first-order valence-corrected chi connectivity index (χ1v) is 6.48. The van der Waals surface area contributed by atoms with Crippen LogP contribution in [0.5, 0.6) is 5.75 Å². The maximum atomic E-state index is 13.5. The Hall–Kier alpha value is -1.65. The Kier molecular flexibility index (Phi) is 4.93. The van der Waals surface area contributed by atoms with Gasteiger partial charge in [-0.25, -0.2) is 8.78 Å². The molecule has 0 bridgehead atoms. The summed E-state index contributed by atoms with van der Waals surface area (Å²) in [5, 5.41) is 3.57. The molecule has 0 unspecified atom stereocenters. The molecule has 0 aliphatic rings. The maximum Gasteiger partial charge on any atom is 0.132 e. The minimum Gasteiger partial charge on any atom is -0.488 e. The Labute approximate surface area is 121 Å². The molecule has 2 nitrogen and oxygen atoms in total. The fourth-order valence-electron chi connectivity index (χ4n) is 1.82. The van der Waals surface area contributed by atoms with E-state index in [1.807, 2.05) is 0 Å². The summed E-state index contributed by atoms with van der Waals surface area (Å²) in [5.41, 5.74) is 1.10. The summed E-state index contributed by atoms with van der Waals surface area (Å²) >= 11 is 6.10. The molecule has 0 fully saturated rings. The van der Waals surface area contributed by atoms with Gasteiger partial charge in [0.1, 0.15) is 24.0 Å². The molecule has 0 spiro atoms. The average Bonchev–Trinajstić information content (AvgIpc) is 2.41. The van der Waals surface area contributed by atoms with Crippen LogP contribution in [0.25, 0.3) is 0 Å². The van der Waals surface area contributed by atoms with Crippen LogP contribution >= 0.6 is 11.6 Å². The quantitative estimate of drug-likeness (QED) is 0.903. The van der Waals surface area contributed by atoms with Crippen molar-refractivity contribution >= 4 is 11.6 Å². The van der Waals surface area contributed by atoms with Crippen molar-refractivity contribution in [1.29, 1.82) is 0 Å². The summed E-state index contributed by atoms with van der Waals surface area (Å²) in [6.45, 7) is 0.560. The van der Waals surface area contributed by atoms with Crippen LogP contribution in [0.3, 0.4) is 0 Å². The molecule has 0 atom stereocenters. The standard InChI is InChI=1S/C15H14ClF2NO/c1-19-8-12-13(16)3-2-4-15(12)20-9-10-5-6-11(17)7-14(10)18/h2-7,19H,8-9H2,1H3. The third-order valence-electron chi connectivity index (χ3n) is 2.83. The predicted molar refractivity (Wildman–Crippen MR) is 74.9 cm³/mol. The molecule has 2 rings (SSSR count). The highest BCUT2D eigenvalue weighted by atomic mass is 35.5. The monoisotopic (exact) mass is 297 g/mol. The van der Waals surface area contributed by atoms with Crippen LogP contribution in [0, 0.1) is 11.6 Å². The summed E-state index contributed by atoms with van der Waals surface area (Å²) in [4.78, 5) is 0. The van der Waals surface area contributed by atoms with E-state index in [-0.39, 0.29) is 6.61 Å². The van der Waals surface area contributed by atoms with E-state index < -0.39 is 11.6 Å². The Bertz CT molecular complexity index is 604. The van der Waals surface area contributed by atoms with E-state index >= 15 is 0 Å². The van der Waals surface area contributed by atoms with E-state index in [4.69, 9.17) is 16.3 Å². The van der Waals surface area contributed by atoms with Crippen LogP contribution in [0.15, 0.2) is 36.4 Å². The van der Waals surface area contributed by atoms with Gasteiger partial charge < -0.3 is 10.1 Å². The molecule has 0 heterocycles. The minimum atomic E-state index is -0.623. The van der Waals surface area contributed by atoms with Crippen molar-refractivity contribution < 1.29 is 13.5 Å². The van der Waals surface area contributed by atoms with Crippen molar-refractivity contribution in [3.63, 3.8) is 0 Å². The molecular formula is C15H14ClF2NO. The van der Waals surface area contributed by atoms with Crippen molar-refractivity contribution in [3.8, 4) is 5.75 Å². The van der Waals surface area contributed by atoms with Gasteiger partial charge >= 0.3 is 0 Å². The molecule has 0 aromatic heterocycles. The topological polar surface area (TPSA) is 21.3 Å². The summed E-state index contributed by atoms with van der Waals surface area (Å²) in [6.07, 6.45) is 0. The summed E-state index contributed by atoms with van der Waals surface area (Å²) < 4.78 is 31.9. The lowest BCUT2D eigenvalue weighted by Gasteiger charge is -2.13. The molecule has 1 N–H and O–H groups in total. The zero-order chi connectivity index (χ0) is 14.5. The molecular weight excluding hydrogens is 284 g/mol. The number of rotatable bonds is 5. The predicted octanol–water partition coefficient (Wildman–Crippen LogP) is 3.92. The smallest absolute Gasteiger partial charge is 0.132 e. The van der Waals surface area contributed by atoms with Crippen LogP contribution in [0.1, 0.15) is 11.1 Å². The van der Waals surface area contributed by atoms with Gasteiger partial charge in [0.05, 0.1) is 0 Å². The lowest BCUT2D eigenvalue weighted by Crippen LogP contribution is -2.08. The largest absolute Gasteiger partial charge is 0.488 e. The van der Waals surface area contributed by atoms with E-state index in [1.165, 1.54) is 12.1 Å². The molecule has 0 amide bonds. The zero-order valence-corrected chi connectivity index (χ0v) is 11.7. The van der Waals surface area contributed by atoms with Gasteiger partial charge in [0.25, 0.3) is 0 Å². The second kappa shape index (κ2) is 6.68. The van der Waals surface area contributed by atoms with Gasteiger partial charge in [-0.15, -0.1) is 0 Å². The minimum absolute atomic E-state index is 0.0170. The number of hydrogen-bond acceptors (Lipinski definition) is 2. The number of hydrogen-bond donors (Lipinski definition) is 1. The van der Waals surface area contributed by atoms with Crippen LogP contribution in [0.2, 0.25) is 5.02 Å². The first kappa shape index (κ1) is 14.8. The molecule has 0 aliphatic carbocycles. The van der Waals surface area contributed by atoms with E-state index in [2.05, 4.69) is 5.32 Å². The zero-order valence-electron chi connectivity index (χ0n) is 10.9. The van der Waals surface area contributed by atoms with Gasteiger partial charge in [0.15, 0.2) is 0 Å². The first-order valence-electron chi connectivity index (χ1n) is 6.10. The first-order chi connectivity index (χ1) is 9.61. The number of benzene rings is 2. The van der Waals surface area contributed by atoms with Crippen LogP contribution in [0.4, 0.5) is 8.78 Å². The normalized spacial score (nSPS) is 10.6. The molecule has 5 heteroatoms. The fraction of sp³-hybridized carbons (Fsp3) is 0.200. The Morgan fingerprint density at radius 3 is 2.70 bits per heavy atom. The molecule has 20 heavy (non-hydrogen) atoms. The lowest BCUT2D eigenvalue weighted by atomic mass is 10.2. The second-order valence-electron chi connectivity index (χ2n) is 4.27. The highest BCUT2D eigenvalue weighted by Gasteiger charge is 2.09. The molecule has 2 aromatic carbocycles. The third kappa shape index (κ3) is 3.46. The SMILES string of the molecule is CNCc1c(Cl)cccc1OCc1ccc(F)cc1F. The molecule has 0 saturated carbocycles. The summed E-state index contributed by atoms with van der Waals surface area (Å²) in [6, 6.07) is 8.70. The van der Waals surface area contributed by atoms with Crippen LogP contribution < -0.4 is 10.1 Å². The fourth-order valence-corrected chi connectivity index (χ4v) is 2.05. The molecule has 0 aliphatic heterocycles. The van der Waals surface area contributed by atoms with Gasteiger partial charge in [0.2, 0.25) is 0 Å². The highest BCUT2D eigenvalue weighted by Crippen LogP contribution is 2.27. The Morgan fingerprint density at radius 2 is 2.00 bits per heavy atom. The van der Waals surface area contributed by atoms with Crippen LogP contribution in [-0.4, -0.2) is 7.05 Å². The maximum absolute atomic E-state index is 13.5. The van der Waals surface area contributed by atoms with Gasteiger partial charge in [-0.05, 0) is 31.3 Å². The number of ether oxygens (including phenoxy) is 1. The van der Waals surface area contributed by atoms with Crippen molar-refractivity contribution in [2.75, 3.05) is 7.05 Å². The van der Waals surface area contributed by atoms with Crippen molar-refractivity contribution in [1.82, 2.24) is 5.32 Å². The Morgan fingerprint density at radius 1 is 1.20 bits per heavy atom. The van der Waals surface area contributed by atoms with Crippen molar-refractivity contribution in [2.24, 2.45) is 0 Å². The van der Waals surface area contributed by atoms with Crippen molar-refractivity contribution in [2.45, 2.75) is 13.2 Å². The number of nitrogens with one attached hydrogen (secondary N) is 1. The third-order valence-corrected chi connectivity index (χ3v) is 3.18. The van der Waals surface area contributed by atoms with Gasteiger partial charge in [-0.2, -0.15) is 0 Å². The van der Waals surface area contributed by atoms with Gasteiger partial charge in [0, 0.05) is 28.8 Å². The average molecular weight is 298 g/mol. The van der Waals surface area contributed by atoms with Gasteiger partial charge in [-0.1, -0.05) is 17.7 Å². The van der Waals surface area contributed by atoms with E-state index in [0.717, 1.165) is 11.6 Å². The second-order valence-corrected chi connectivity index (χ2v) is 4.68. The van der Waals surface area contributed by atoms with E-state index in [1.54, 1.807) is 25.2 Å². The molecule has 0 saturated heterocycles. The number of halogens is 3. The lowest BCUT2D eigenvalue weighted by molar-refractivity contribution is 0.296. The summed E-state index contributed by atoms with van der Waals surface area (Å²) in [7, 11) is 1.80. The molecule has 2 aromatic rings. The van der Waals surface area contributed by atoms with Gasteiger partial charge in [-0.3, -0.25) is 0 Å². The summed E-state index contributed by atoms with van der Waals surface area (Å²) in [5.74, 6) is -0.650. The van der Waals surface area contributed by atoms with E-state index in [9.17, 15) is 8.78 Å². The molecule has 106 valence electrons. The molecule has 0 radical (unpaired) electrons.